The second-order valence-electron chi connectivity index (χ2n) is 6.06. The lowest BCUT2D eigenvalue weighted by Crippen LogP contribution is -2.64. The zero-order chi connectivity index (χ0) is 16.2. The normalized spacial score (nSPS) is 37.3. The van der Waals surface area contributed by atoms with E-state index in [1.807, 2.05) is 30.3 Å². The summed E-state index contributed by atoms with van der Waals surface area (Å²) < 4.78 is 17.4. The van der Waals surface area contributed by atoms with Crippen molar-refractivity contribution < 1.29 is 24.4 Å². The molecular formula is C17H25NO5. The first-order chi connectivity index (χ1) is 11.2. The molecule has 1 unspecified atom stereocenters. The monoisotopic (exact) mass is 323 g/mol. The van der Waals surface area contributed by atoms with Crippen LogP contribution in [0.2, 0.25) is 0 Å². The third-order valence-electron chi connectivity index (χ3n) is 4.32. The lowest BCUT2D eigenvalue weighted by molar-refractivity contribution is -0.331. The zero-order valence-electron chi connectivity index (χ0n) is 13.3. The number of aliphatic hydroxyl groups excluding tert-OH is 2. The van der Waals surface area contributed by atoms with Gasteiger partial charge in [-0.1, -0.05) is 43.7 Å². The molecule has 2 saturated heterocycles. The second kappa shape index (κ2) is 7.70. The predicted octanol–water partition coefficient (Wildman–Crippen LogP) is 0.937. The zero-order valence-corrected chi connectivity index (χ0v) is 13.3. The molecule has 0 radical (unpaired) electrons. The highest BCUT2D eigenvalue weighted by molar-refractivity contribution is 5.16. The third kappa shape index (κ3) is 3.74. The summed E-state index contributed by atoms with van der Waals surface area (Å²) in [6.45, 7) is 3.15. The van der Waals surface area contributed by atoms with Gasteiger partial charge in [0.25, 0.3) is 0 Å². The Hall–Kier alpha value is -1.02. The highest BCUT2D eigenvalue weighted by Crippen LogP contribution is 2.33. The molecule has 0 bridgehead atoms. The first-order valence-electron chi connectivity index (χ1n) is 8.27. The molecule has 3 N–H and O–H groups in total. The molecule has 0 spiro atoms. The van der Waals surface area contributed by atoms with Gasteiger partial charge in [0, 0.05) is 5.56 Å². The van der Waals surface area contributed by atoms with E-state index < -0.39 is 36.9 Å². The van der Waals surface area contributed by atoms with Crippen LogP contribution in [-0.4, -0.2) is 54.0 Å². The molecule has 6 atom stereocenters. The summed E-state index contributed by atoms with van der Waals surface area (Å²) in [5.74, 6) is 0. The van der Waals surface area contributed by atoms with Gasteiger partial charge in [-0.15, -0.1) is 0 Å². The van der Waals surface area contributed by atoms with Crippen LogP contribution in [0.4, 0.5) is 0 Å². The predicted molar refractivity (Wildman–Crippen MR) is 83.6 cm³/mol. The summed E-state index contributed by atoms with van der Waals surface area (Å²) in [5, 5.41) is 23.8. The molecule has 2 aliphatic heterocycles. The van der Waals surface area contributed by atoms with Gasteiger partial charge in [0.05, 0.1) is 6.61 Å². The fourth-order valence-corrected chi connectivity index (χ4v) is 2.98. The van der Waals surface area contributed by atoms with E-state index in [-0.39, 0.29) is 0 Å². The Morgan fingerprint density at radius 3 is 2.65 bits per heavy atom. The molecule has 128 valence electrons. The van der Waals surface area contributed by atoms with Crippen LogP contribution in [0.3, 0.4) is 0 Å². The van der Waals surface area contributed by atoms with Gasteiger partial charge in [-0.05, 0) is 13.0 Å². The summed E-state index contributed by atoms with van der Waals surface area (Å²) in [7, 11) is 0. The molecular weight excluding hydrogens is 298 g/mol. The lowest BCUT2D eigenvalue weighted by Gasteiger charge is -2.46. The number of hydrogen-bond acceptors (Lipinski definition) is 6. The molecule has 6 nitrogen and oxygen atoms in total. The van der Waals surface area contributed by atoms with Crippen molar-refractivity contribution in [3.05, 3.63) is 35.9 Å². The van der Waals surface area contributed by atoms with Crippen LogP contribution in [0, 0.1) is 0 Å². The highest BCUT2D eigenvalue weighted by Gasteiger charge is 2.48. The van der Waals surface area contributed by atoms with E-state index in [9.17, 15) is 10.2 Å². The summed E-state index contributed by atoms with van der Waals surface area (Å²) in [5.41, 5.74) is 0.885. The van der Waals surface area contributed by atoms with Crippen molar-refractivity contribution in [1.29, 1.82) is 0 Å². The number of rotatable bonds is 5. The average Bonchev–Trinajstić information content (AvgIpc) is 2.60. The van der Waals surface area contributed by atoms with E-state index in [1.165, 1.54) is 0 Å². The van der Waals surface area contributed by atoms with Crippen molar-refractivity contribution in [2.24, 2.45) is 0 Å². The second-order valence-corrected chi connectivity index (χ2v) is 6.06. The van der Waals surface area contributed by atoms with Crippen LogP contribution in [0.5, 0.6) is 0 Å². The van der Waals surface area contributed by atoms with Crippen molar-refractivity contribution in [2.45, 2.75) is 56.7 Å². The lowest BCUT2D eigenvalue weighted by atomic mass is 9.97. The molecule has 6 heteroatoms. The Morgan fingerprint density at radius 2 is 1.91 bits per heavy atom. The van der Waals surface area contributed by atoms with Gasteiger partial charge in [0.1, 0.15) is 30.6 Å². The van der Waals surface area contributed by atoms with Crippen molar-refractivity contribution in [1.82, 2.24) is 5.32 Å². The van der Waals surface area contributed by atoms with Crippen molar-refractivity contribution in [3.8, 4) is 0 Å². The highest BCUT2D eigenvalue weighted by atomic mass is 16.7. The standard InChI is InChI=1S/C17H25NO5/c1-2-3-9-18-16-14(20)13(19)15-12(22-16)10-21-17(23-15)11-7-5-4-6-8-11/h4-8,12-20H,2-3,9-10H2,1H3/t12-,13-,14-,15-,16-,17?/m1/s1. The van der Waals surface area contributed by atoms with Gasteiger partial charge in [0.2, 0.25) is 0 Å². The molecule has 0 aliphatic carbocycles. The quantitative estimate of drug-likeness (QED) is 0.700. The molecule has 1 aromatic carbocycles. The molecule has 0 saturated carbocycles. The van der Waals surface area contributed by atoms with Gasteiger partial charge in [-0.3, -0.25) is 5.32 Å². The van der Waals surface area contributed by atoms with Crippen molar-refractivity contribution >= 4 is 0 Å². The van der Waals surface area contributed by atoms with E-state index in [0.717, 1.165) is 24.9 Å². The third-order valence-corrected chi connectivity index (χ3v) is 4.32. The Balaban J connectivity index is 1.63. The van der Waals surface area contributed by atoms with Crippen LogP contribution < -0.4 is 5.32 Å². The van der Waals surface area contributed by atoms with Gasteiger partial charge in [-0.25, -0.2) is 0 Å². The number of fused-ring (bicyclic) bond motifs is 1. The summed E-state index contributed by atoms with van der Waals surface area (Å²) in [6, 6.07) is 9.55. The first-order valence-corrected chi connectivity index (χ1v) is 8.27. The molecule has 23 heavy (non-hydrogen) atoms. The summed E-state index contributed by atoms with van der Waals surface area (Å²) in [4.78, 5) is 0. The molecule has 0 amide bonds. The van der Waals surface area contributed by atoms with Crippen molar-refractivity contribution in [2.75, 3.05) is 13.2 Å². The smallest absolute Gasteiger partial charge is 0.184 e. The fourth-order valence-electron chi connectivity index (χ4n) is 2.98. The molecule has 3 rings (SSSR count). The van der Waals surface area contributed by atoms with Gasteiger partial charge < -0.3 is 24.4 Å². The summed E-state index contributed by atoms with van der Waals surface area (Å²) >= 11 is 0. The molecule has 2 heterocycles. The van der Waals surface area contributed by atoms with E-state index in [4.69, 9.17) is 14.2 Å². The molecule has 2 aliphatic rings. The Morgan fingerprint density at radius 1 is 1.13 bits per heavy atom. The first kappa shape index (κ1) is 16.8. The fraction of sp³-hybridized carbons (Fsp3) is 0.647. The maximum atomic E-state index is 10.4. The molecule has 0 aromatic heterocycles. The number of benzene rings is 1. The molecule has 1 aromatic rings. The number of ether oxygens (including phenoxy) is 3. The number of aliphatic hydroxyl groups is 2. The Labute approximate surface area is 136 Å². The maximum absolute atomic E-state index is 10.4. The number of hydrogen-bond donors (Lipinski definition) is 3. The Bertz CT molecular complexity index is 483. The van der Waals surface area contributed by atoms with Gasteiger partial charge in [0.15, 0.2) is 6.29 Å². The van der Waals surface area contributed by atoms with Gasteiger partial charge >= 0.3 is 0 Å². The van der Waals surface area contributed by atoms with Crippen LogP contribution in [0.1, 0.15) is 31.6 Å². The van der Waals surface area contributed by atoms with E-state index >= 15 is 0 Å². The average molecular weight is 323 g/mol. The SMILES string of the molecule is CCCCN[C@@H]1O[C@@H]2COC(c3ccccc3)O[C@H]2[C@H](O)[C@H]1O. The number of nitrogens with one attached hydrogen (secondary N) is 1. The van der Waals surface area contributed by atoms with Gasteiger partial charge in [-0.2, -0.15) is 0 Å². The Kier molecular flexibility index (Phi) is 5.63. The van der Waals surface area contributed by atoms with Crippen LogP contribution in [0.25, 0.3) is 0 Å². The van der Waals surface area contributed by atoms with Crippen LogP contribution in [-0.2, 0) is 14.2 Å². The summed E-state index contributed by atoms with van der Waals surface area (Å²) in [6.07, 6.45) is -2.15. The number of unbranched alkanes of at least 4 members (excludes halogenated alkanes) is 1. The molecule has 2 fully saturated rings. The minimum absolute atomic E-state index is 0.319. The van der Waals surface area contributed by atoms with E-state index in [1.54, 1.807) is 0 Å². The van der Waals surface area contributed by atoms with E-state index in [2.05, 4.69) is 12.2 Å². The largest absolute Gasteiger partial charge is 0.387 e. The topological polar surface area (TPSA) is 80.2 Å². The van der Waals surface area contributed by atoms with Crippen LogP contribution in [0.15, 0.2) is 30.3 Å². The maximum Gasteiger partial charge on any atom is 0.184 e. The van der Waals surface area contributed by atoms with Crippen LogP contribution >= 0.6 is 0 Å². The van der Waals surface area contributed by atoms with E-state index in [0.29, 0.717) is 6.61 Å². The minimum Gasteiger partial charge on any atom is -0.387 e. The minimum atomic E-state index is -1.03. The van der Waals surface area contributed by atoms with Crippen molar-refractivity contribution in [3.63, 3.8) is 0 Å².